The van der Waals surface area contributed by atoms with Gasteiger partial charge in [-0.25, -0.2) is 0 Å². The molecule has 92 valence electrons. The van der Waals surface area contributed by atoms with Crippen molar-refractivity contribution in [3.63, 3.8) is 0 Å². The zero-order chi connectivity index (χ0) is 12.1. The number of hydrogen-bond acceptors (Lipinski definition) is 0. The predicted octanol–water partition coefficient (Wildman–Crippen LogP) is 5.05. The first-order valence-corrected chi connectivity index (χ1v) is 7.00. The van der Waals surface area contributed by atoms with Gasteiger partial charge in [0.2, 0.25) is 0 Å². The van der Waals surface area contributed by atoms with Crippen LogP contribution in [0.15, 0.2) is 11.6 Å². The van der Waals surface area contributed by atoms with Crippen LogP contribution in [-0.2, 0) is 0 Å². The van der Waals surface area contributed by atoms with Crippen LogP contribution < -0.4 is 0 Å². The van der Waals surface area contributed by atoms with Crippen LogP contribution in [0.5, 0.6) is 0 Å². The lowest BCUT2D eigenvalue weighted by Gasteiger charge is -2.57. The fourth-order valence-corrected chi connectivity index (χ4v) is 4.21. The molecule has 0 radical (unpaired) electrons. The van der Waals surface area contributed by atoms with E-state index in [2.05, 4.69) is 47.6 Å². The number of rotatable bonds is 0. The maximum Gasteiger partial charge on any atom is -0.0113 e. The molecular weight excluding hydrogens is 192 g/mol. The Balaban J connectivity index is 2.47. The van der Waals surface area contributed by atoms with Crippen molar-refractivity contribution in [3.05, 3.63) is 11.6 Å². The summed E-state index contributed by atoms with van der Waals surface area (Å²) in [6, 6.07) is 0. The Bertz CT molecular complexity index is 306. The van der Waals surface area contributed by atoms with E-state index in [4.69, 9.17) is 0 Å². The summed E-state index contributed by atoms with van der Waals surface area (Å²) < 4.78 is 0. The highest BCUT2D eigenvalue weighted by Gasteiger charge is 2.51. The van der Waals surface area contributed by atoms with Gasteiger partial charge in [0.15, 0.2) is 0 Å². The first kappa shape index (κ1) is 12.2. The molecule has 0 heteroatoms. The van der Waals surface area contributed by atoms with Crippen molar-refractivity contribution in [2.75, 3.05) is 0 Å². The zero-order valence-corrected chi connectivity index (χ0v) is 11.9. The van der Waals surface area contributed by atoms with E-state index in [1.165, 1.54) is 19.3 Å². The van der Waals surface area contributed by atoms with Gasteiger partial charge in [0.25, 0.3) is 0 Å². The molecule has 0 spiro atoms. The molecule has 16 heavy (non-hydrogen) atoms. The standard InChI is InChI=1S/C16H28/c1-11-12(2)16(5,6)14-10-8-7-9-13(14)15(11,3)4/h9,11-12,14H,7-8,10H2,1-6H3. The Morgan fingerprint density at radius 2 is 1.69 bits per heavy atom. The summed E-state index contributed by atoms with van der Waals surface area (Å²) in [5.74, 6) is 2.45. The lowest BCUT2D eigenvalue weighted by molar-refractivity contribution is -0.00632. The Morgan fingerprint density at radius 3 is 2.31 bits per heavy atom. The largest absolute Gasteiger partial charge is 0.0845 e. The molecule has 0 aromatic carbocycles. The molecule has 0 saturated heterocycles. The van der Waals surface area contributed by atoms with Crippen molar-refractivity contribution in [1.82, 2.24) is 0 Å². The number of allylic oxidation sites excluding steroid dienone is 2. The minimum Gasteiger partial charge on any atom is -0.0845 e. The fraction of sp³-hybridized carbons (Fsp3) is 0.875. The van der Waals surface area contributed by atoms with Gasteiger partial charge in [-0.3, -0.25) is 0 Å². The quantitative estimate of drug-likeness (QED) is 0.501. The second-order valence-electron chi connectivity index (χ2n) is 7.26. The molecular formula is C16H28. The molecule has 0 bridgehead atoms. The summed E-state index contributed by atoms with van der Waals surface area (Å²) >= 11 is 0. The average Bonchev–Trinajstić information content (AvgIpc) is 2.25. The third-order valence-electron chi connectivity index (χ3n) is 6.14. The minimum absolute atomic E-state index is 0.417. The molecule has 0 nitrogen and oxygen atoms in total. The Morgan fingerprint density at radius 1 is 1.06 bits per heavy atom. The number of fused-ring (bicyclic) bond motifs is 1. The van der Waals surface area contributed by atoms with E-state index in [0.29, 0.717) is 10.8 Å². The van der Waals surface area contributed by atoms with Gasteiger partial charge in [-0.05, 0) is 47.8 Å². The van der Waals surface area contributed by atoms with Crippen molar-refractivity contribution in [3.8, 4) is 0 Å². The van der Waals surface area contributed by atoms with Crippen LogP contribution in [0.3, 0.4) is 0 Å². The zero-order valence-electron chi connectivity index (χ0n) is 11.9. The Labute approximate surface area is 102 Å². The molecule has 0 aliphatic heterocycles. The molecule has 2 rings (SSSR count). The lowest BCUT2D eigenvalue weighted by Crippen LogP contribution is -2.49. The molecule has 1 saturated carbocycles. The minimum atomic E-state index is 0.417. The maximum atomic E-state index is 2.57. The van der Waals surface area contributed by atoms with Crippen LogP contribution in [0.1, 0.15) is 60.8 Å². The van der Waals surface area contributed by atoms with Crippen LogP contribution >= 0.6 is 0 Å². The first-order valence-electron chi connectivity index (χ1n) is 7.00. The Kier molecular flexibility index (Phi) is 2.76. The lowest BCUT2D eigenvalue weighted by atomic mass is 9.47. The second kappa shape index (κ2) is 3.62. The molecule has 2 aliphatic carbocycles. The van der Waals surface area contributed by atoms with E-state index in [9.17, 15) is 0 Å². The molecule has 3 atom stereocenters. The highest BCUT2D eigenvalue weighted by atomic mass is 14.6. The van der Waals surface area contributed by atoms with Crippen LogP contribution in [0.25, 0.3) is 0 Å². The van der Waals surface area contributed by atoms with E-state index in [1.807, 2.05) is 0 Å². The van der Waals surface area contributed by atoms with Crippen LogP contribution in [0.2, 0.25) is 0 Å². The summed E-state index contributed by atoms with van der Waals surface area (Å²) in [4.78, 5) is 0. The number of hydrogen-bond donors (Lipinski definition) is 0. The van der Waals surface area contributed by atoms with Gasteiger partial charge in [0.1, 0.15) is 0 Å². The van der Waals surface area contributed by atoms with Crippen LogP contribution in [-0.4, -0.2) is 0 Å². The Hall–Kier alpha value is -0.260. The van der Waals surface area contributed by atoms with Gasteiger partial charge in [-0.1, -0.05) is 53.2 Å². The maximum absolute atomic E-state index is 2.57. The third-order valence-corrected chi connectivity index (χ3v) is 6.14. The molecule has 0 N–H and O–H groups in total. The molecule has 0 aromatic heterocycles. The summed E-state index contributed by atoms with van der Waals surface area (Å²) in [7, 11) is 0. The summed E-state index contributed by atoms with van der Waals surface area (Å²) in [5.41, 5.74) is 2.68. The average molecular weight is 220 g/mol. The molecule has 3 unspecified atom stereocenters. The van der Waals surface area contributed by atoms with Gasteiger partial charge in [-0.2, -0.15) is 0 Å². The van der Waals surface area contributed by atoms with Gasteiger partial charge in [0.05, 0.1) is 0 Å². The highest BCUT2D eigenvalue weighted by molar-refractivity contribution is 5.26. The van der Waals surface area contributed by atoms with Gasteiger partial charge in [0, 0.05) is 0 Å². The van der Waals surface area contributed by atoms with Crippen molar-refractivity contribution >= 4 is 0 Å². The topological polar surface area (TPSA) is 0 Å². The van der Waals surface area contributed by atoms with Crippen molar-refractivity contribution in [1.29, 1.82) is 0 Å². The molecule has 0 amide bonds. The SMILES string of the molecule is CC1C(C)C(C)(C)C2CCCC=C2C1(C)C. The summed E-state index contributed by atoms with van der Waals surface area (Å²) in [6.07, 6.45) is 6.69. The van der Waals surface area contributed by atoms with Gasteiger partial charge in [-0.15, -0.1) is 0 Å². The molecule has 1 fully saturated rings. The van der Waals surface area contributed by atoms with Gasteiger partial charge < -0.3 is 0 Å². The fourth-order valence-electron chi connectivity index (χ4n) is 4.21. The summed E-state index contributed by atoms with van der Waals surface area (Å²) in [6.45, 7) is 14.8. The third kappa shape index (κ3) is 1.49. The first-order chi connectivity index (χ1) is 7.29. The summed E-state index contributed by atoms with van der Waals surface area (Å²) in [5, 5.41) is 0. The molecule has 2 aliphatic rings. The molecule has 0 aromatic rings. The monoisotopic (exact) mass is 220 g/mol. The van der Waals surface area contributed by atoms with Crippen LogP contribution in [0, 0.1) is 28.6 Å². The second-order valence-corrected chi connectivity index (χ2v) is 7.26. The highest BCUT2D eigenvalue weighted by Crippen LogP contribution is 2.60. The van der Waals surface area contributed by atoms with E-state index in [-0.39, 0.29) is 0 Å². The predicted molar refractivity (Wildman–Crippen MR) is 71.3 cm³/mol. The van der Waals surface area contributed by atoms with E-state index in [1.54, 1.807) is 5.57 Å². The van der Waals surface area contributed by atoms with Gasteiger partial charge >= 0.3 is 0 Å². The normalized spacial score (nSPS) is 41.1. The van der Waals surface area contributed by atoms with Crippen molar-refractivity contribution < 1.29 is 0 Å². The van der Waals surface area contributed by atoms with E-state index in [0.717, 1.165) is 17.8 Å². The van der Waals surface area contributed by atoms with Crippen molar-refractivity contribution in [2.45, 2.75) is 60.8 Å². The van der Waals surface area contributed by atoms with E-state index < -0.39 is 0 Å². The van der Waals surface area contributed by atoms with E-state index >= 15 is 0 Å². The molecule has 0 heterocycles. The van der Waals surface area contributed by atoms with Crippen molar-refractivity contribution in [2.24, 2.45) is 28.6 Å². The smallest absolute Gasteiger partial charge is 0.0113 e. The van der Waals surface area contributed by atoms with Crippen LogP contribution in [0.4, 0.5) is 0 Å².